The first-order valence-corrected chi connectivity index (χ1v) is 15.2. The summed E-state index contributed by atoms with van der Waals surface area (Å²) in [7, 11) is -4.87. The number of halogens is 2. The molecule has 0 saturated carbocycles. The topological polar surface area (TPSA) is 122 Å². The molecule has 40 heavy (non-hydrogen) atoms. The van der Waals surface area contributed by atoms with Crippen molar-refractivity contribution in [2.24, 2.45) is 0 Å². The van der Waals surface area contributed by atoms with Gasteiger partial charge in [-0.15, -0.1) is 0 Å². The molecule has 0 spiro atoms. The van der Waals surface area contributed by atoms with Gasteiger partial charge in [0.05, 0.1) is 33.3 Å². The maximum absolute atomic E-state index is 13.0. The molecule has 4 aromatic rings. The van der Waals surface area contributed by atoms with Gasteiger partial charge in [-0.25, -0.2) is 16.8 Å². The predicted molar refractivity (Wildman–Crippen MR) is 157 cm³/mol. The summed E-state index contributed by atoms with van der Waals surface area (Å²) in [5.74, 6) is 0.0710. The van der Waals surface area contributed by atoms with Crippen LogP contribution in [0, 0.1) is 0 Å². The number of carbonyl (C=O) groups is 1. The van der Waals surface area contributed by atoms with E-state index in [0.29, 0.717) is 22.1 Å². The highest BCUT2D eigenvalue weighted by atomic mass is 35.5. The first-order valence-electron chi connectivity index (χ1n) is 11.5. The molecule has 1 amide bonds. The Bertz CT molecular complexity index is 1750. The van der Waals surface area contributed by atoms with E-state index < -0.39 is 26.0 Å². The molecule has 0 aromatic heterocycles. The van der Waals surface area contributed by atoms with Gasteiger partial charge in [0.1, 0.15) is 5.75 Å². The Labute approximate surface area is 242 Å². The number of nitrogens with zero attached hydrogens (tertiary/aromatic N) is 1. The molecular weight excluding hydrogens is 597 g/mol. The molecule has 0 heterocycles. The molecule has 0 unspecified atom stereocenters. The van der Waals surface area contributed by atoms with Gasteiger partial charge in [-0.05, 0) is 91.0 Å². The maximum Gasteiger partial charge on any atom is 0.264 e. The number of nitrogens with one attached hydrogen (secondary N) is 2. The van der Waals surface area contributed by atoms with Crippen LogP contribution in [0.25, 0.3) is 0 Å². The van der Waals surface area contributed by atoms with Crippen LogP contribution < -0.4 is 19.1 Å². The minimum absolute atomic E-state index is 0.0398. The molecule has 0 bridgehead atoms. The third kappa shape index (κ3) is 6.50. The molecule has 2 N–H and O–H groups in total. The summed E-state index contributed by atoms with van der Waals surface area (Å²) in [6, 6.07) is 22.0. The van der Waals surface area contributed by atoms with Crippen molar-refractivity contribution < 1.29 is 26.4 Å². The van der Waals surface area contributed by atoms with Crippen LogP contribution in [-0.4, -0.2) is 36.9 Å². The van der Waals surface area contributed by atoms with Gasteiger partial charge >= 0.3 is 0 Å². The van der Waals surface area contributed by atoms with Crippen LogP contribution >= 0.6 is 23.2 Å². The Hall–Kier alpha value is -3.77. The molecule has 0 aliphatic heterocycles. The molecule has 0 fully saturated rings. The zero-order chi connectivity index (χ0) is 29.1. The van der Waals surface area contributed by atoms with Crippen LogP contribution in [0.1, 0.15) is 10.4 Å². The lowest BCUT2D eigenvalue weighted by Gasteiger charge is -2.20. The average Bonchev–Trinajstić information content (AvgIpc) is 2.94. The Morgan fingerprint density at radius 3 is 1.98 bits per heavy atom. The SMILES string of the molecule is COc1ccc(S(=O)(=O)N(C)c2ccc(C(=O)Nc3ccc(S(=O)(=O)Nc4ccc(Cl)cc4Cl)cc3)cc2)cc1. The van der Waals surface area contributed by atoms with Crippen molar-refractivity contribution in [3.63, 3.8) is 0 Å². The zero-order valence-corrected chi connectivity index (χ0v) is 24.3. The van der Waals surface area contributed by atoms with E-state index >= 15 is 0 Å². The summed E-state index contributed by atoms with van der Waals surface area (Å²) in [4.78, 5) is 12.8. The molecule has 0 atom stereocenters. The lowest BCUT2D eigenvalue weighted by Crippen LogP contribution is -2.26. The Kier molecular flexibility index (Phi) is 8.59. The minimum atomic E-state index is -3.95. The number of benzene rings is 4. The fourth-order valence-corrected chi connectivity index (χ4v) is 6.35. The monoisotopic (exact) mass is 619 g/mol. The Balaban J connectivity index is 1.42. The van der Waals surface area contributed by atoms with Crippen molar-refractivity contribution in [2.75, 3.05) is 28.5 Å². The van der Waals surface area contributed by atoms with Crippen molar-refractivity contribution in [2.45, 2.75) is 9.79 Å². The van der Waals surface area contributed by atoms with Crippen LogP contribution in [0.5, 0.6) is 5.75 Å². The summed E-state index contributed by atoms with van der Waals surface area (Å²) in [6.45, 7) is 0. The van der Waals surface area contributed by atoms with Gasteiger partial charge in [-0.3, -0.25) is 13.8 Å². The molecule has 4 rings (SSSR count). The van der Waals surface area contributed by atoms with Crippen LogP contribution in [0.15, 0.2) is 101 Å². The molecule has 0 saturated heterocycles. The lowest BCUT2D eigenvalue weighted by atomic mass is 10.2. The average molecular weight is 621 g/mol. The maximum atomic E-state index is 13.0. The van der Waals surface area contributed by atoms with Crippen molar-refractivity contribution in [1.29, 1.82) is 0 Å². The quantitative estimate of drug-likeness (QED) is 0.241. The highest BCUT2D eigenvalue weighted by Crippen LogP contribution is 2.28. The highest BCUT2D eigenvalue weighted by Gasteiger charge is 2.22. The number of rotatable bonds is 9. The van der Waals surface area contributed by atoms with E-state index in [4.69, 9.17) is 27.9 Å². The number of anilines is 3. The second-order valence-corrected chi connectivity index (χ2v) is 12.9. The second-order valence-electron chi connectivity index (χ2n) is 8.40. The smallest absolute Gasteiger partial charge is 0.264 e. The predicted octanol–water partition coefficient (Wildman–Crippen LogP) is 5.88. The molecule has 13 heteroatoms. The molecule has 0 aliphatic carbocycles. The number of ether oxygens (including phenoxy) is 1. The zero-order valence-electron chi connectivity index (χ0n) is 21.1. The third-order valence-corrected chi connectivity index (χ3v) is 9.54. The van der Waals surface area contributed by atoms with Gasteiger partial charge in [0.25, 0.3) is 26.0 Å². The summed E-state index contributed by atoms with van der Waals surface area (Å²) in [6.07, 6.45) is 0. The van der Waals surface area contributed by atoms with E-state index in [0.717, 1.165) is 4.31 Å². The molecular formula is C27H23Cl2N3O6S2. The normalized spacial score (nSPS) is 11.5. The van der Waals surface area contributed by atoms with Crippen LogP contribution in [0.3, 0.4) is 0 Å². The number of methoxy groups -OCH3 is 1. The van der Waals surface area contributed by atoms with E-state index in [1.807, 2.05) is 0 Å². The van der Waals surface area contributed by atoms with Gasteiger partial charge in [0.2, 0.25) is 0 Å². The number of sulfonamides is 2. The third-order valence-electron chi connectivity index (χ3n) is 5.81. The first-order chi connectivity index (χ1) is 18.9. The minimum Gasteiger partial charge on any atom is -0.497 e. The van der Waals surface area contributed by atoms with E-state index in [9.17, 15) is 21.6 Å². The van der Waals surface area contributed by atoms with E-state index in [2.05, 4.69) is 10.0 Å². The van der Waals surface area contributed by atoms with Gasteiger partial charge in [0.15, 0.2) is 0 Å². The highest BCUT2D eigenvalue weighted by molar-refractivity contribution is 7.93. The second kappa shape index (κ2) is 11.8. The van der Waals surface area contributed by atoms with Gasteiger partial charge in [-0.1, -0.05) is 23.2 Å². The van der Waals surface area contributed by atoms with Crippen LogP contribution in [-0.2, 0) is 20.0 Å². The van der Waals surface area contributed by atoms with Crippen molar-refractivity contribution in [3.05, 3.63) is 107 Å². The largest absolute Gasteiger partial charge is 0.497 e. The summed E-state index contributed by atoms with van der Waals surface area (Å²) < 4.78 is 60.0. The number of carbonyl (C=O) groups excluding carboxylic acids is 1. The summed E-state index contributed by atoms with van der Waals surface area (Å²) >= 11 is 11.9. The first kappa shape index (κ1) is 29.2. The van der Waals surface area contributed by atoms with Crippen LogP contribution in [0.4, 0.5) is 17.1 Å². The fraction of sp³-hybridized carbons (Fsp3) is 0.0741. The molecule has 0 radical (unpaired) electrons. The standard InChI is InChI=1S/C27H23Cl2N3O6S2/c1-32(40(36,37)24-14-10-22(38-2)11-15-24)21-8-3-18(4-9-21)27(33)30-20-6-12-23(13-7-20)39(34,35)31-26-16-5-19(28)17-25(26)29/h3-17,31H,1-2H3,(H,30,33). The summed E-state index contributed by atoms with van der Waals surface area (Å²) in [5, 5.41) is 3.20. The summed E-state index contributed by atoms with van der Waals surface area (Å²) in [5.41, 5.74) is 1.16. The van der Waals surface area contributed by atoms with Crippen LogP contribution in [0.2, 0.25) is 10.0 Å². The molecule has 4 aromatic carbocycles. The van der Waals surface area contributed by atoms with E-state index in [-0.39, 0.29) is 26.1 Å². The molecule has 208 valence electrons. The van der Waals surface area contributed by atoms with Gasteiger partial charge < -0.3 is 10.1 Å². The van der Waals surface area contributed by atoms with E-state index in [1.54, 1.807) is 12.1 Å². The number of hydrogen-bond acceptors (Lipinski definition) is 6. The van der Waals surface area contributed by atoms with Crippen molar-refractivity contribution in [3.8, 4) is 5.75 Å². The van der Waals surface area contributed by atoms with Gasteiger partial charge in [0, 0.05) is 23.3 Å². The van der Waals surface area contributed by atoms with Gasteiger partial charge in [-0.2, -0.15) is 0 Å². The van der Waals surface area contributed by atoms with E-state index in [1.165, 1.54) is 93.0 Å². The lowest BCUT2D eigenvalue weighted by molar-refractivity contribution is 0.102. The molecule has 9 nitrogen and oxygen atoms in total. The fourth-order valence-electron chi connectivity index (χ4n) is 3.56. The number of hydrogen-bond donors (Lipinski definition) is 2. The molecule has 0 aliphatic rings. The Morgan fingerprint density at radius 1 is 0.800 bits per heavy atom. The Morgan fingerprint density at radius 2 is 1.40 bits per heavy atom. The van der Waals surface area contributed by atoms with Crippen molar-refractivity contribution in [1.82, 2.24) is 0 Å². The number of amides is 1. The van der Waals surface area contributed by atoms with Crippen molar-refractivity contribution >= 4 is 66.2 Å².